The number of carbonyl (C=O) groups excluding carboxylic acids is 1. The van der Waals surface area contributed by atoms with E-state index in [0.29, 0.717) is 19.0 Å². The maximum Gasteiger partial charge on any atom is 0.260 e. The summed E-state index contributed by atoms with van der Waals surface area (Å²) in [5.74, 6) is -3.55. The first kappa shape index (κ1) is 13.4. The van der Waals surface area contributed by atoms with Gasteiger partial charge < -0.3 is 9.80 Å². The second kappa shape index (κ2) is 4.12. The van der Waals surface area contributed by atoms with Crippen LogP contribution in [0.2, 0.25) is 0 Å². The molecular weight excluding hydrogens is 346 g/mol. The molecular formula is C13H13BrF2N4O. The van der Waals surface area contributed by atoms with Gasteiger partial charge >= 0.3 is 0 Å². The molecule has 0 aromatic carbocycles. The van der Waals surface area contributed by atoms with Crippen molar-refractivity contribution in [3.8, 4) is 0 Å². The fourth-order valence-electron chi connectivity index (χ4n) is 3.19. The molecule has 21 heavy (non-hydrogen) atoms. The molecule has 3 heterocycles. The maximum absolute atomic E-state index is 12.9. The third-order valence-electron chi connectivity index (χ3n) is 4.43. The molecule has 0 N–H and O–H groups in total. The van der Waals surface area contributed by atoms with Crippen LogP contribution in [-0.4, -0.2) is 52.9 Å². The van der Waals surface area contributed by atoms with Crippen molar-refractivity contribution in [3.63, 3.8) is 0 Å². The van der Waals surface area contributed by atoms with Crippen LogP contribution in [0, 0.1) is 11.3 Å². The Labute approximate surface area is 128 Å². The van der Waals surface area contributed by atoms with Crippen molar-refractivity contribution in [2.24, 2.45) is 11.3 Å². The van der Waals surface area contributed by atoms with Crippen molar-refractivity contribution in [2.75, 3.05) is 31.1 Å². The molecule has 2 aliphatic heterocycles. The van der Waals surface area contributed by atoms with Crippen molar-refractivity contribution >= 4 is 27.8 Å². The predicted octanol–water partition coefficient (Wildman–Crippen LogP) is 1.54. The zero-order valence-electron chi connectivity index (χ0n) is 11.1. The number of hydrogen-bond acceptors (Lipinski definition) is 4. The van der Waals surface area contributed by atoms with E-state index < -0.39 is 11.8 Å². The quantitative estimate of drug-likeness (QED) is 0.804. The fraction of sp³-hybridized carbons (Fsp3) is 0.615. The second-order valence-electron chi connectivity index (χ2n) is 6.27. The van der Waals surface area contributed by atoms with Crippen molar-refractivity contribution < 1.29 is 13.6 Å². The third-order valence-corrected chi connectivity index (χ3v) is 4.84. The van der Waals surface area contributed by atoms with Gasteiger partial charge in [0.25, 0.3) is 5.92 Å². The van der Waals surface area contributed by atoms with E-state index in [-0.39, 0.29) is 17.7 Å². The Morgan fingerprint density at radius 3 is 2.33 bits per heavy atom. The van der Waals surface area contributed by atoms with Gasteiger partial charge in [-0.05, 0) is 15.9 Å². The van der Waals surface area contributed by atoms with Crippen LogP contribution < -0.4 is 4.90 Å². The van der Waals surface area contributed by atoms with E-state index in [1.54, 1.807) is 17.3 Å². The molecule has 8 heteroatoms. The van der Waals surface area contributed by atoms with Crippen molar-refractivity contribution in [1.82, 2.24) is 14.9 Å². The first-order valence-electron chi connectivity index (χ1n) is 6.78. The van der Waals surface area contributed by atoms with Crippen molar-refractivity contribution in [3.05, 3.63) is 16.9 Å². The molecule has 5 nitrogen and oxygen atoms in total. The minimum atomic E-state index is -2.77. The largest absolute Gasteiger partial charge is 0.341 e. The number of halogens is 3. The standard InChI is InChI=1S/C13H13BrF2N4O/c14-8-2-17-11(18-3-8)20-6-12(7-20)4-19(5-12)10(21)9-1-13(9,15)16/h2-3,9H,1,4-7H2. The summed E-state index contributed by atoms with van der Waals surface area (Å²) in [7, 11) is 0. The summed E-state index contributed by atoms with van der Waals surface area (Å²) in [6.07, 6.45) is 3.10. The van der Waals surface area contributed by atoms with Crippen LogP contribution in [0.5, 0.6) is 0 Å². The molecule has 1 saturated carbocycles. The molecule has 3 fully saturated rings. The summed E-state index contributed by atoms with van der Waals surface area (Å²) in [6, 6.07) is 0. The van der Waals surface area contributed by atoms with E-state index in [1.165, 1.54) is 0 Å². The van der Waals surface area contributed by atoms with Crippen LogP contribution in [0.25, 0.3) is 0 Å². The average Bonchev–Trinajstić information content (AvgIpc) is 2.97. The normalized spacial score (nSPS) is 28.0. The lowest BCUT2D eigenvalue weighted by atomic mass is 9.73. The van der Waals surface area contributed by atoms with E-state index >= 15 is 0 Å². The number of alkyl halides is 2. The van der Waals surface area contributed by atoms with Crippen LogP contribution in [0.4, 0.5) is 14.7 Å². The zero-order valence-corrected chi connectivity index (χ0v) is 12.7. The SMILES string of the molecule is O=C(C1CC1(F)F)N1CC2(C1)CN(c1ncc(Br)cn1)C2. The topological polar surface area (TPSA) is 49.3 Å². The number of rotatable bonds is 2. The maximum atomic E-state index is 12.9. The van der Waals surface area contributed by atoms with Crippen LogP contribution >= 0.6 is 15.9 Å². The molecule has 1 aromatic rings. The van der Waals surface area contributed by atoms with E-state index in [9.17, 15) is 13.6 Å². The van der Waals surface area contributed by atoms with Gasteiger partial charge in [0.05, 0.1) is 4.47 Å². The average molecular weight is 359 g/mol. The summed E-state index contributed by atoms with van der Waals surface area (Å²) in [5, 5.41) is 0. The molecule has 112 valence electrons. The number of carbonyl (C=O) groups is 1. The third kappa shape index (κ3) is 2.11. The molecule has 0 radical (unpaired) electrons. The van der Waals surface area contributed by atoms with Crippen molar-refractivity contribution in [2.45, 2.75) is 12.3 Å². The second-order valence-corrected chi connectivity index (χ2v) is 7.19. The number of likely N-dealkylation sites (tertiary alicyclic amines) is 1. The number of hydrogen-bond donors (Lipinski definition) is 0. The van der Waals surface area contributed by atoms with Crippen LogP contribution in [0.3, 0.4) is 0 Å². The van der Waals surface area contributed by atoms with Gasteiger partial charge in [-0.3, -0.25) is 4.79 Å². The van der Waals surface area contributed by atoms with Gasteiger partial charge in [0.2, 0.25) is 11.9 Å². The highest BCUT2D eigenvalue weighted by atomic mass is 79.9. The number of aromatic nitrogens is 2. The Balaban J connectivity index is 1.31. The highest BCUT2D eigenvalue weighted by Crippen LogP contribution is 2.51. The molecule has 2 saturated heterocycles. The van der Waals surface area contributed by atoms with E-state index in [2.05, 4.69) is 25.9 Å². The summed E-state index contributed by atoms with van der Waals surface area (Å²) in [6.45, 7) is 2.70. The number of nitrogens with zero attached hydrogens (tertiary/aromatic N) is 4. The Morgan fingerprint density at radius 1 is 1.24 bits per heavy atom. The van der Waals surface area contributed by atoms with Gasteiger partial charge in [-0.25, -0.2) is 18.7 Å². The first-order valence-corrected chi connectivity index (χ1v) is 7.57. The lowest BCUT2D eigenvalue weighted by Gasteiger charge is -2.60. The minimum absolute atomic E-state index is 0.0519. The van der Waals surface area contributed by atoms with E-state index in [1.807, 2.05) is 4.90 Å². The number of amides is 1. The Hall–Kier alpha value is -1.31. The smallest absolute Gasteiger partial charge is 0.260 e. The number of anilines is 1. The highest BCUT2D eigenvalue weighted by Gasteiger charge is 2.65. The predicted molar refractivity (Wildman–Crippen MR) is 74.0 cm³/mol. The molecule has 1 aromatic heterocycles. The van der Waals surface area contributed by atoms with Crippen molar-refractivity contribution in [1.29, 1.82) is 0 Å². The summed E-state index contributed by atoms with van der Waals surface area (Å²) in [5.41, 5.74) is 0.0519. The Bertz CT molecular complexity index is 595. The summed E-state index contributed by atoms with van der Waals surface area (Å²) < 4.78 is 26.6. The molecule has 4 rings (SSSR count). The van der Waals surface area contributed by atoms with Gasteiger partial charge in [-0.15, -0.1) is 0 Å². The monoisotopic (exact) mass is 358 g/mol. The van der Waals surface area contributed by atoms with Crippen LogP contribution in [0.1, 0.15) is 6.42 Å². The molecule has 3 aliphatic rings. The highest BCUT2D eigenvalue weighted by molar-refractivity contribution is 9.10. The van der Waals surface area contributed by atoms with Crippen LogP contribution in [0.15, 0.2) is 16.9 Å². The first-order chi connectivity index (χ1) is 9.89. The van der Waals surface area contributed by atoms with Gasteiger partial charge in [0, 0.05) is 50.4 Å². The van der Waals surface area contributed by atoms with Gasteiger partial charge in [-0.2, -0.15) is 0 Å². The summed E-state index contributed by atoms with van der Waals surface area (Å²) >= 11 is 3.29. The zero-order chi connectivity index (χ0) is 14.8. The molecule has 0 bridgehead atoms. The Morgan fingerprint density at radius 2 is 1.81 bits per heavy atom. The lowest BCUT2D eigenvalue weighted by Crippen LogP contribution is -2.73. The molecule has 1 unspecified atom stereocenters. The minimum Gasteiger partial charge on any atom is -0.341 e. The molecule has 1 aliphatic carbocycles. The molecule has 1 atom stereocenters. The van der Waals surface area contributed by atoms with Gasteiger partial charge in [0.15, 0.2) is 0 Å². The van der Waals surface area contributed by atoms with Crippen LogP contribution in [-0.2, 0) is 4.79 Å². The molecule has 1 amide bonds. The Kier molecular flexibility index (Phi) is 2.62. The van der Waals surface area contributed by atoms with Gasteiger partial charge in [0.1, 0.15) is 5.92 Å². The fourth-order valence-corrected chi connectivity index (χ4v) is 3.40. The van der Waals surface area contributed by atoms with E-state index in [4.69, 9.17) is 0 Å². The van der Waals surface area contributed by atoms with Gasteiger partial charge in [-0.1, -0.05) is 0 Å². The molecule has 1 spiro atoms. The summed E-state index contributed by atoms with van der Waals surface area (Å²) in [4.78, 5) is 23.9. The lowest BCUT2D eigenvalue weighted by molar-refractivity contribution is -0.148. The van der Waals surface area contributed by atoms with E-state index in [0.717, 1.165) is 17.6 Å².